The molecule has 138 valence electrons. The highest BCUT2D eigenvalue weighted by Gasteiger charge is 2.34. The molecule has 3 aromatic rings. The van der Waals surface area contributed by atoms with Crippen molar-refractivity contribution in [2.45, 2.75) is 12.4 Å². The number of benzene rings is 1. The Hall–Kier alpha value is -2.27. The number of halogens is 8. The number of alkyl halides is 6. The van der Waals surface area contributed by atoms with Crippen LogP contribution in [0, 0.1) is 0 Å². The van der Waals surface area contributed by atoms with Gasteiger partial charge in [-0.3, -0.25) is 0 Å². The minimum absolute atomic E-state index is 0.0902. The first-order chi connectivity index (χ1) is 12.0. The molecule has 0 bridgehead atoms. The predicted molar refractivity (Wildman–Crippen MR) is 79.0 cm³/mol. The second-order valence-corrected chi connectivity index (χ2v) is 5.75. The summed E-state index contributed by atoms with van der Waals surface area (Å²) in [6.07, 6.45) is -7.60. The molecule has 0 fully saturated rings. The van der Waals surface area contributed by atoms with Crippen LogP contribution < -0.4 is 0 Å². The summed E-state index contributed by atoms with van der Waals surface area (Å²) in [5, 5.41) is 6.84. The van der Waals surface area contributed by atoms with E-state index >= 15 is 0 Å². The van der Waals surface area contributed by atoms with Crippen molar-refractivity contribution in [2.24, 2.45) is 0 Å². The minimum atomic E-state index is -4.66. The van der Waals surface area contributed by atoms with Gasteiger partial charge in [-0.15, -0.1) is 9.90 Å². The zero-order valence-corrected chi connectivity index (χ0v) is 13.6. The van der Waals surface area contributed by atoms with Crippen molar-refractivity contribution in [3.63, 3.8) is 0 Å². The van der Waals surface area contributed by atoms with Crippen molar-refractivity contribution in [2.75, 3.05) is 0 Å². The molecule has 0 atom stereocenters. The number of hydrogen-bond acceptors (Lipinski definition) is 3. The first-order valence-electron chi connectivity index (χ1n) is 6.59. The van der Waals surface area contributed by atoms with Crippen molar-refractivity contribution in [1.82, 2.24) is 25.0 Å². The Bertz CT molecular complexity index is 936. The van der Waals surface area contributed by atoms with E-state index in [1.165, 1.54) is 0 Å². The molecule has 0 saturated heterocycles. The summed E-state index contributed by atoms with van der Waals surface area (Å²) in [7, 11) is 0. The average Bonchev–Trinajstić information content (AvgIpc) is 3.13. The van der Waals surface area contributed by atoms with E-state index in [0.29, 0.717) is 18.3 Å². The quantitative estimate of drug-likeness (QED) is 0.599. The van der Waals surface area contributed by atoms with E-state index in [9.17, 15) is 26.3 Å². The Labute approximate surface area is 150 Å². The Morgan fingerprint density at radius 3 is 2.08 bits per heavy atom. The molecular weight excluding hydrogens is 411 g/mol. The summed E-state index contributed by atoms with van der Waals surface area (Å²) < 4.78 is 76.0. The average molecular weight is 416 g/mol. The smallest absolute Gasteiger partial charge is 0.343 e. The number of aromatic nitrogens is 5. The third-order valence-electron chi connectivity index (χ3n) is 3.15. The van der Waals surface area contributed by atoms with E-state index in [2.05, 4.69) is 20.2 Å². The molecule has 1 aromatic carbocycles. The van der Waals surface area contributed by atoms with Gasteiger partial charge in [-0.05, 0) is 12.1 Å². The summed E-state index contributed by atoms with van der Waals surface area (Å²) in [6.45, 7) is 0. The molecule has 1 N–H and O–H groups in total. The molecule has 0 saturated carbocycles. The van der Waals surface area contributed by atoms with Crippen LogP contribution in [0.3, 0.4) is 0 Å². The summed E-state index contributed by atoms with van der Waals surface area (Å²) >= 11 is 11.7. The number of aromatic amines is 1. The highest BCUT2D eigenvalue weighted by atomic mass is 35.5. The van der Waals surface area contributed by atoms with Crippen LogP contribution in [0.5, 0.6) is 0 Å². The van der Waals surface area contributed by atoms with Crippen LogP contribution in [-0.4, -0.2) is 25.0 Å². The van der Waals surface area contributed by atoms with Gasteiger partial charge in [-0.2, -0.15) is 31.4 Å². The van der Waals surface area contributed by atoms with Gasteiger partial charge in [0.25, 0.3) is 0 Å². The van der Waals surface area contributed by atoms with Gasteiger partial charge in [-0.1, -0.05) is 23.2 Å². The largest absolute Gasteiger partial charge is 0.434 e. The fraction of sp³-hybridized carbons (Fsp3) is 0.154. The van der Waals surface area contributed by atoms with E-state index in [4.69, 9.17) is 23.2 Å². The fourth-order valence-electron chi connectivity index (χ4n) is 2.00. The summed E-state index contributed by atoms with van der Waals surface area (Å²) in [5.74, 6) is -0.234. The van der Waals surface area contributed by atoms with Gasteiger partial charge in [0.15, 0.2) is 11.5 Å². The van der Waals surface area contributed by atoms with Gasteiger partial charge in [0.1, 0.15) is 11.4 Å². The molecule has 0 radical (unpaired) electrons. The van der Waals surface area contributed by atoms with Gasteiger partial charge in [0.2, 0.25) is 0 Å². The Morgan fingerprint density at radius 2 is 1.58 bits per heavy atom. The molecule has 0 amide bonds. The molecule has 0 unspecified atom stereocenters. The lowest BCUT2D eigenvalue weighted by atomic mass is 10.2. The molecule has 2 aromatic heterocycles. The van der Waals surface area contributed by atoms with Gasteiger partial charge in [0.05, 0.1) is 21.8 Å². The SMILES string of the molecule is FC(F)(F)c1cc(Cl)c(-n2ncc(-c3nc(C(F)(F)F)c[nH]3)n2)c(Cl)c1. The van der Waals surface area contributed by atoms with Crippen LogP contribution in [0.25, 0.3) is 17.2 Å². The van der Waals surface area contributed by atoms with Gasteiger partial charge < -0.3 is 4.98 Å². The Kier molecular flexibility index (Phi) is 4.39. The molecule has 5 nitrogen and oxygen atoms in total. The van der Waals surface area contributed by atoms with Crippen molar-refractivity contribution < 1.29 is 26.3 Å². The molecule has 0 aliphatic rings. The van der Waals surface area contributed by atoms with E-state index in [1.54, 1.807) is 0 Å². The number of hydrogen-bond donors (Lipinski definition) is 1. The maximum Gasteiger partial charge on any atom is 0.434 e. The van der Waals surface area contributed by atoms with Crippen LogP contribution in [0.2, 0.25) is 10.0 Å². The first kappa shape index (κ1) is 18.5. The molecule has 13 heteroatoms. The molecule has 0 aliphatic carbocycles. The zero-order valence-electron chi connectivity index (χ0n) is 12.1. The van der Waals surface area contributed by atoms with Crippen LogP contribution >= 0.6 is 23.2 Å². The Balaban J connectivity index is 1.99. The van der Waals surface area contributed by atoms with E-state index in [-0.39, 0.29) is 27.3 Å². The summed E-state index contributed by atoms with van der Waals surface area (Å²) in [6, 6.07) is 1.28. The molecule has 0 aliphatic heterocycles. The van der Waals surface area contributed by atoms with Crippen LogP contribution in [0.15, 0.2) is 24.5 Å². The molecule has 2 heterocycles. The normalized spacial score (nSPS) is 12.6. The second-order valence-electron chi connectivity index (χ2n) is 4.94. The molecule has 0 spiro atoms. The number of nitrogens with zero attached hydrogens (tertiary/aromatic N) is 4. The molecule has 26 heavy (non-hydrogen) atoms. The van der Waals surface area contributed by atoms with Crippen molar-refractivity contribution >= 4 is 23.2 Å². The summed E-state index contributed by atoms with van der Waals surface area (Å²) in [4.78, 5) is 6.43. The lowest BCUT2D eigenvalue weighted by molar-refractivity contribution is -0.141. The van der Waals surface area contributed by atoms with Crippen LogP contribution in [-0.2, 0) is 12.4 Å². The highest BCUT2D eigenvalue weighted by molar-refractivity contribution is 6.37. The summed E-state index contributed by atoms with van der Waals surface area (Å²) in [5.41, 5.74) is -2.47. The van der Waals surface area contributed by atoms with E-state index in [0.717, 1.165) is 11.0 Å². The molecule has 3 rings (SSSR count). The third kappa shape index (κ3) is 3.49. The molecular formula is C13H5Cl2F6N5. The lowest BCUT2D eigenvalue weighted by Crippen LogP contribution is -2.08. The number of H-pyrrole nitrogens is 1. The van der Waals surface area contributed by atoms with E-state index in [1.807, 2.05) is 0 Å². The van der Waals surface area contributed by atoms with Crippen LogP contribution in [0.4, 0.5) is 26.3 Å². The number of nitrogens with one attached hydrogen (secondary N) is 1. The first-order valence-corrected chi connectivity index (χ1v) is 7.34. The van der Waals surface area contributed by atoms with Crippen molar-refractivity contribution in [3.8, 4) is 17.2 Å². The zero-order chi connectivity index (χ0) is 19.3. The van der Waals surface area contributed by atoms with Crippen LogP contribution in [0.1, 0.15) is 11.3 Å². The number of rotatable bonds is 2. The maximum absolute atomic E-state index is 12.7. The Morgan fingerprint density at radius 1 is 0.962 bits per heavy atom. The topological polar surface area (TPSA) is 59.4 Å². The van der Waals surface area contributed by atoms with Gasteiger partial charge in [0, 0.05) is 6.20 Å². The van der Waals surface area contributed by atoms with Gasteiger partial charge >= 0.3 is 12.4 Å². The highest BCUT2D eigenvalue weighted by Crippen LogP contribution is 2.37. The maximum atomic E-state index is 12.7. The predicted octanol–water partition coefficient (Wildman–Crippen LogP) is 5.00. The number of imidazole rings is 1. The fourth-order valence-corrected chi connectivity index (χ4v) is 2.64. The lowest BCUT2D eigenvalue weighted by Gasteiger charge is -2.11. The van der Waals surface area contributed by atoms with Crippen molar-refractivity contribution in [3.05, 3.63) is 45.8 Å². The van der Waals surface area contributed by atoms with Gasteiger partial charge in [-0.25, -0.2) is 4.98 Å². The van der Waals surface area contributed by atoms with Crippen molar-refractivity contribution in [1.29, 1.82) is 0 Å². The monoisotopic (exact) mass is 415 g/mol. The third-order valence-corrected chi connectivity index (χ3v) is 3.72. The second kappa shape index (κ2) is 6.16. The standard InChI is InChI=1S/C13H5Cl2F6N5/c14-6-1-5(12(16,17)18)2-7(15)10(6)26-23-3-8(25-26)11-22-4-9(24-11)13(19,20)21/h1-4H,(H,22,24). The van der Waals surface area contributed by atoms with E-state index < -0.39 is 23.6 Å². The minimum Gasteiger partial charge on any atom is -0.343 e.